The van der Waals surface area contributed by atoms with Crippen molar-refractivity contribution in [1.82, 2.24) is 15.1 Å². The SMILES string of the molecule is Cl.Nc1ccc(C(=O)NCCN2CCN(CCC(c3ccccc3)c3ccccc3)CC2)cc1.O. The van der Waals surface area contributed by atoms with Crippen LogP contribution in [-0.4, -0.2) is 67.0 Å². The number of piperazine rings is 1. The van der Waals surface area contributed by atoms with E-state index >= 15 is 0 Å². The molecule has 4 rings (SSSR count). The van der Waals surface area contributed by atoms with Crippen LogP contribution in [0.5, 0.6) is 0 Å². The minimum absolute atomic E-state index is 0. The zero-order valence-electron chi connectivity index (χ0n) is 20.1. The molecular weight excluding hydrogens is 460 g/mol. The van der Waals surface area contributed by atoms with Gasteiger partial charge >= 0.3 is 0 Å². The largest absolute Gasteiger partial charge is 0.412 e. The zero-order chi connectivity index (χ0) is 22.9. The Morgan fingerprint density at radius 3 is 1.77 bits per heavy atom. The molecule has 0 saturated carbocycles. The Bertz CT molecular complexity index is 955. The first-order valence-electron chi connectivity index (χ1n) is 11.9. The molecule has 7 heteroatoms. The first-order chi connectivity index (χ1) is 16.2. The highest BCUT2D eigenvalue weighted by Crippen LogP contribution is 2.28. The summed E-state index contributed by atoms with van der Waals surface area (Å²) >= 11 is 0. The lowest BCUT2D eigenvalue weighted by molar-refractivity contribution is 0.0936. The van der Waals surface area contributed by atoms with Crippen LogP contribution in [0.2, 0.25) is 0 Å². The number of hydrogen-bond donors (Lipinski definition) is 2. The summed E-state index contributed by atoms with van der Waals surface area (Å²) in [7, 11) is 0. The third-order valence-corrected chi connectivity index (χ3v) is 6.49. The summed E-state index contributed by atoms with van der Waals surface area (Å²) in [6, 6.07) is 28.7. The van der Waals surface area contributed by atoms with Crippen LogP contribution in [0, 0.1) is 0 Å². The van der Waals surface area contributed by atoms with Crippen LogP contribution >= 0.6 is 12.4 Å². The van der Waals surface area contributed by atoms with Gasteiger partial charge < -0.3 is 21.4 Å². The molecule has 0 radical (unpaired) electrons. The van der Waals surface area contributed by atoms with Crippen molar-refractivity contribution in [2.24, 2.45) is 0 Å². The van der Waals surface area contributed by atoms with E-state index in [0.29, 0.717) is 23.7 Å². The van der Waals surface area contributed by atoms with E-state index in [1.54, 1.807) is 24.3 Å². The van der Waals surface area contributed by atoms with Crippen LogP contribution in [0.4, 0.5) is 5.69 Å². The van der Waals surface area contributed by atoms with Crippen molar-refractivity contribution in [3.05, 3.63) is 102 Å². The summed E-state index contributed by atoms with van der Waals surface area (Å²) in [5, 5.41) is 3.02. The molecule has 1 fully saturated rings. The van der Waals surface area contributed by atoms with Crippen molar-refractivity contribution in [3.8, 4) is 0 Å². The smallest absolute Gasteiger partial charge is 0.251 e. The summed E-state index contributed by atoms with van der Waals surface area (Å²) in [5.41, 5.74) is 9.79. The van der Waals surface area contributed by atoms with E-state index in [1.807, 2.05) is 0 Å². The third-order valence-electron chi connectivity index (χ3n) is 6.49. The number of nitrogen functional groups attached to an aromatic ring is 1. The van der Waals surface area contributed by atoms with Gasteiger partial charge in [0.2, 0.25) is 0 Å². The predicted octanol–water partition coefficient (Wildman–Crippen LogP) is 3.44. The molecule has 5 N–H and O–H groups in total. The summed E-state index contributed by atoms with van der Waals surface area (Å²) < 4.78 is 0. The molecule has 188 valence electrons. The number of hydrogen-bond acceptors (Lipinski definition) is 4. The Kier molecular flexibility index (Phi) is 11.7. The van der Waals surface area contributed by atoms with Crippen LogP contribution in [0.1, 0.15) is 33.8 Å². The standard InChI is InChI=1S/C28H34N4O.ClH.H2O/c29-26-13-11-25(12-14-26)28(33)30-16-18-32-21-19-31(20-22-32)17-15-27(23-7-3-1-4-8-23)24-9-5-2-6-10-24;;/h1-14,27H,15-22,29H2,(H,30,33);1H;1H2. The third kappa shape index (κ3) is 8.37. The molecule has 0 atom stereocenters. The number of carbonyl (C=O) groups is 1. The maximum atomic E-state index is 12.3. The van der Waals surface area contributed by atoms with Crippen molar-refractivity contribution in [2.45, 2.75) is 12.3 Å². The first-order valence-corrected chi connectivity index (χ1v) is 11.9. The minimum atomic E-state index is -0.0403. The van der Waals surface area contributed by atoms with Crippen molar-refractivity contribution < 1.29 is 10.3 Å². The first kappa shape index (κ1) is 28.3. The molecule has 0 aromatic heterocycles. The van der Waals surface area contributed by atoms with Gasteiger partial charge in [-0.2, -0.15) is 0 Å². The molecule has 1 amide bonds. The Balaban J connectivity index is 0.00000216. The van der Waals surface area contributed by atoms with Gasteiger partial charge in [0.05, 0.1) is 0 Å². The molecule has 35 heavy (non-hydrogen) atoms. The molecule has 6 nitrogen and oxygen atoms in total. The van der Waals surface area contributed by atoms with Crippen LogP contribution < -0.4 is 11.1 Å². The minimum Gasteiger partial charge on any atom is -0.412 e. The number of benzene rings is 3. The molecule has 1 heterocycles. The van der Waals surface area contributed by atoms with Crippen LogP contribution in [0.3, 0.4) is 0 Å². The number of carbonyl (C=O) groups excluding carboxylic acids is 1. The van der Waals surface area contributed by atoms with E-state index in [4.69, 9.17) is 5.73 Å². The average Bonchev–Trinajstić information content (AvgIpc) is 2.87. The van der Waals surface area contributed by atoms with Crippen LogP contribution in [0.25, 0.3) is 0 Å². The Morgan fingerprint density at radius 2 is 1.26 bits per heavy atom. The second-order valence-corrected chi connectivity index (χ2v) is 8.72. The molecule has 0 unspecified atom stereocenters. The lowest BCUT2D eigenvalue weighted by Crippen LogP contribution is -2.48. The van der Waals surface area contributed by atoms with E-state index < -0.39 is 0 Å². The number of amides is 1. The maximum Gasteiger partial charge on any atom is 0.251 e. The van der Waals surface area contributed by atoms with E-state index in [9.17, 15) is 4.79 Å². The van der Waals surface area contributed by atoms with Gasteiger partial charge in [0.15, 0.2) is 0 Å². The van der Waals surface area contributed by atoms with E-state index in [1.165, 1.54) is 11.1 Å². The number of halogens is 1. The molecule has 0 spiro atoms. The fourth-order valence-electron chi connectivity index (χ4n) is 4.51. The predicted molar refractivity (Wildman–Crippen MR) is 146 cm³/mol. The second-order valence-electron chi connectivity index (χ2n) is 8.72. The van der Waals surface area contributed by atoms with Gasteiger partial charge in [0.1, 0.15) is 0 Å². The van der Waals surface area contributed by atoms with Gasteiger partial charge in [-0.15, -0.1) is 12.4 Å². The van der Waals surface area contributed by atoms with E-state index in [-0.39, 0.29) is 23.8 Å². The lowest BCUT2D eigenvalue weighted by atomic mass is 9.88. The highest BCUT2D eigenvalue weighted by molar-refractivity contribution is 5.94. The van der Waals surface area contributed by atoms with Crippen molar-refractivity contribution in [3.63, 3.8) is 0 Å². The average molecular weight is 497 g/mol. The Hall–Kier alpha value is -2.90. The second kappa shape index (κ2) is 14.5. The molecule has 3 aromatic carbocycles. The monoisotopic (exact) mass is 496 g/mol. The van der Waals surface area contributed by atoms with Gasteiger partial charge in [-0.1, -0.05) is 60.7 Å². The Morgan fingerprint density at radius 1 is 0.771 bits per heavy atom. The highest BCUT2D eigenvalue weighted by atomic mass is 35.5. The molecule has 3 aromatic rings. The highest BCUT2D eigenvalue weighted by Gasteiger charge is 2.20. The summed E-state index contributed by atoms with van der Waals surface area (Å²) in [4.78, 5) is 17.3. The van der Waals surface area contributed by atoms with Crippen LogP contribution in [-0.2, 0) is 0 Å². The van der Waals surface area contributed by atoms with Gasteiger partial charge in [-0.05, 0) is 48.4 Å². The molecule has 1 aliphatic rings. The lowest BCUT2D eigenvalue weighted by Gasteiger charge is -2.35. The number of rotatable bonds is 9. The zero-order valence-corrected chi connectivity index (χ0v) is 20.9. The normalized spacial score (nSPS) is 14.1. The molecular formula is C28H37ClN4O2. The molecule has 0 aliphatic carbocycles. The topological polar surface area (TPSA) is 93.1 Å². The number of nitrogens with one attached hydrogen (secondary N) is 1. The number of nitrogens with zero attached hydrogens (tertiary/aromatic N) is 2. The molecule has 1 aliphatic heterocycles. The van der Waals surface area contributed by atoms with Gasteiger partial charge in [0, 0.05) is 56.4 Å². The van der Waals surface area contributed by atoms with Gasteiger partial charge in [-0.25, -0.2) is 0 Å². The Labute approximate surface area is 214 Å². The quantitative estimate of drug-likeness (QED) is 0.444. The van der Waals surface area contributed by atoms with Crippen molar-refractivity contribution >= 4 is 24.0 Å². The van der Waals surface area contributed by atoms with Crippen molar-refractivity contribution in [1.29, 1.82) is 0 Å². The molecule has 1 saturated heterocycles. The van der Waals surface area contributed by atoms with Crippen molar-refractivity contribution in [2.75, 3.05) is 51.5 Å². The van der Waals surface area contributed by atoms with Gasteiger partial charge in [-0.3, -0.25) is 9.69 Å². The number of nitrogens with two attached hydrogens (primary N) is 1. The van der Waals surface area contributed by atoms with Crippen LogP contribution in [0.15, 0.2) is 84.9 Å². The van der Waals surface area contributed by atoms with E-state index in [2.05, 4.69) is 75.8 Å². The molecule has 0 bridgehead atoms. The maximum absolute atomic E-state index is 12.3. The summed E-state index contributed by atoms with van der Waals surface area (Å²) in [6.45, 7) is 6.86. The fourth-order valence-corrected chi connectivity index (χ4v) is 4.51. The van der Waals surface area contributed by atoms with E-state index in [0.717, 1.165) is 45.7 Å². The van der Waals surface area contributed by atoms with Gasteiger partial charge in [0.25, 0.3) is 5.91 Å². The summed E-state index contributed by atoms with van der Waals surface area (Å²) in [6.07, 6.45) is 1.12. The number of anilines is 1. The fraction of sp³-hybridized carbons (Fsp3) is 0.321. The summed E-state index contributed by atoms with van der Waals surface area (Å²) in [5.74, 6) is 0.385.